The maximum Gasteiger partial charge on any atom is 0.322 e. The predicted octanol–water partition coefficient (Wildman–Crippen LogP) is 7.80. The molecule has 0 spiro atoms. The summed E-state index contributed by atoms with van der Waals surface area (Å²) in [5, 5.41) is 5.35. The van der Waals surface area contributed by atoms with Gasteiger partial charge in [0.1, 0.15) is 6.54 Å². The molecule has 1 aromatic heterocycles. The third-order valence-corrected chi connectivity index (χ3v) is 8.40. The van der Waals surface area contributed by atoms with E-state index in [0.717, 1.165) is 41.6 Å². The molecule has 0 unspecified atom stereocenters. The number of nitrogens with zero attached hydrogens (tertiary/aromatic N) is 2. The first-order valence-corrected chi connectivity index (χ1v) is 14.8. The number of nitrogens with one attached hydrogen (secondary N) is 1. The van der Waals surface area contributed by atoms with Crippen molar-refractivity contribution in [1.82, 2.24) is 9.80 Å². The largest absolute Gasteiger partial charge is 0.330 e. The Bertz CT molecular complexity index is 1210. The van der Waals surface area contributed by atoms with Gasteiger partial charge in [0.25, 0.3) is 0 Å². The smallest absolute Gasteiger partial charge is 0.322 e. The van der Waals surface area contributed by atoms with Gasteiger partial charge in [-0.1, -0.05) is 89.6 Å². The van der Waals surface area contributed by atoms with E-state index in [-0.39, 0.29) is 36.4 Å². The number of carbonyl (C=O) groups is 2. The number of fused-ring (bicyclic) bond motifs is 1. The van der Waals surface area contributed by atoms with Crippen LogP contribution in [0, 0.1) is 0 Å². The number of carbonyl (C=O) groups excluding carboxylic acids is 2. The van der Waals surface area contributed by atoms with Gasteiger partial charge in [-0.2, -0.15) is 0 Å². The molecule has 4 rings (SSSR count). The van der Waals surface area contributed by atoms with Gasteiger partial charge in [0.2, 0.25) is 5.91 Å². The fourth-order valence-electron chi connectivity index (χ4n) is 5.32. The quantitative estimate of drug-likeness (QED) is 0.306. The Morgan fingerprint density at radius 2 is 1.68 bits per heavy atom. The lowest BCUT2D eigenvalue weighted by Gasteiger charge is -2.37. The zero-order valence-corrected chi connectivity index (χ0v) is 24.2. The van der Waals surface area contributed by atoms with E-state index in [4.69, 9.17) is 0 Å². The van der Waals surface area contributed by atoms with Crippen molar-refractivity contribution in [1.29, 1.82) is 0 Å². The summed E-state index contributed by atoms with van der Waals surface area (Å²) in [4.78, 5) is 32.7. The second-order valence-electron chi connectivity index (χ2n) is 10.8. The van der Waals surface area contributed by atoms with E-state index in [1.165, 1.54) is 10.4 Å². The van der Waals surface area contributed by atoms with Gasteiger partial charge >= 0.3 is 6.03 Å². The van der Waals surface area contributed by atoms with E-state index in [1.54, 1.807) is 16.2 Å². The van der Waals surface area contributed by atoms with Gasteiger partial charge in [0.05, 0.1) is 6.04 Å². The number of unbranched alkanes of at least 4 members (excludes halogenated alkanes) is 1. The standard InChI is InChI=1S/C32H41N3O2S/c1-6-7-18-34(32(37)33-30-25(22(2)3)14-11-15-26(30)23(4)5)21-29(36)35-19-16-28-27(17-20-38-28)31(35)24-12-9-8-10-13-24/h8-15,17,20,22-23,31H,6-7,16,18-19,21H2,1-5H3,(H,33,37)/t31-/m0/s1. The van der Waals surface area contributed by atoms with E-state index in [1.807, 2.05) is 23.1 Å². The van der Waals surface area contributed by atoms with E-state index in [9.17, 15) is 9.59 Å². The van der Waals surface area contributed by atoms with Crippen molar-refractivity contribution < 1.29 is 9.59 Å². The van der Waals surface area contributed by atoms with Gasteiger partial charge in [-0.15, -0.1) is 11.3 Å². The number of anilines is 1. The third kappa shape index (κ3) is 6.12. The molecule has 3 amide bonds. The summed E-state index contributed by atoms with van der Waals surface area (Å²) >= 11 is 1.76. The second-order valence-corrected chi connectivity index (χ2v) is 11.8. The summed E-state index contributed by atoms with van der Waals surface area (Å²) in [7, 11) is 0. The van der Waals surface area contributed by atoms with Crippen molar-refractivity contribution in [3.05, 3.63) is 87.1 Å². The lowest BCUT2D eigenvalue weighted by molar-refractivity contribution is -0.133. The fraction of sp³-hybridized carbons (Fsp3) is 0.438. The summed E-state index contributed by atoms with van der Waals surface area (Å²) in [6.07, 6.45) is 2.65. The van der Waals surface area contributed by atoms with Crippen molar-refractivity contribution in [3.8, 4) is 0 Å². The highest BCUT2D eigenvalue weighted by atomic mass is 32.1. The number of benzene rings is 2. The molecule has 1 aliphatic rings. The molecule has 0 fully saturated rings. The summed E-state index contributed by atoms with van der Waals surface area (Å²) < 4.78 is 0. The second kappa shape index (κ2) is 12.6. The first kappa shape index (κ1) is 27.9. The number of hydrogen-bond donors (Lipinski definition) is 1. The van der Waals surface area contributed by atoms with Crippen LogP contribution in [0.2, 0.25) is 0 Å². The molecule has 2 aromatic carbocycles. The van der Waals surface area contributed by atoms with Gasteiger partial charge < -0.3 is 15.1 Å². The van der Waals surface area contributed by atoms with Crippen molar-refractivity contribution in [2.24, 2.45) is 0 Å². The Kier molecular flexibility index (Phi) is 9.26. The van der Waals surface area contributed by atoms with Gasteiger partial charge in [-0.25, -0.2) is 4.79 Å². The van der Waals surface area contributed by atoms with Gasteiger partial charge in [-0.05, 0) is 58.4 Å². The number of urea groups is 1. The van der Waals surface area contributed by atoms with Gasteiger partial charge in [0.15, 0.2) is 0 Å². The van der Waals surface area contributed by atoms with Crippen molar-refractivity contribution in [2.45, 2.75) is 71.8 Å². The van der Waals surface area contributed by atoms with Gasteiger partial charge in [0, 0.05) is 23.7 Å². The Balaban J connectivity index is 1.60. The fourth-order valence-corrected chi connectivity index (χ4v) is 6.22. The maximum absolute atomic E-state index is 13.9. The molecule has 0 aliphatic carbocycles. The van der Waals surface area contributed by atoms with Crippen molar-refractivity contribution in [2.75, 3.05) is 25.0 Å². The summed E-state index contributed by atoms with van der Waals surface area (Å²) in [6.45, 7) is 12.0. The Hall–Kier alpha value is -3.12. The zero-order valence-electron chi connectivity index (χ0n) is 23.4. The molecule has 0 bridgehead atoms. The lowest BCUT2D eigenvalue weighted by Crippen LogP contribution is -2.48. The topological polar surface area (TPSA) is 52.7 Å². The van der Waals surface area contributed by atoms with Crippen LogP contribution in [0.4, 0.5) is 10.5 Å². The zero-order chi connectivity index (χ0) is 27.2. The van der Waals surface area contributed by atoms with Crippen LogP contribution < -0.4 is 5.32 Å². The molecule has 38 heavy (non-hydrogen) atoms. The van der Waals surface area contributed by atoms with Crippen LogP contribution >= 0.6 is 11.3 Å². The molecule has 2 heterocycles. The average molecular weight is 532 g/mol. The highest BCUT2D eigenvalue weighted by Crippen LogP contribution is 2.38. The highest BCUT2D eigenvalue weighted by Gasteiger charge is 2.34. The molecule has 3 aromatic rings. The Morgan fingerprint density at radius 1 is 1.00 bits per heavy atom. The minimum Gasteiger partial charge on any atom is -0.330 e. The summed E-state index contributed by atoms with van der Waals surface area (Å²) in [5.41, 5.74) is 5.45. The molecule has 1 N–H and O–H groups in total. The molecular weight excluding hydrogens is 490 g/mol. The minimum atomic E-state index is -0.203. The molecule has 202 valence electrons. The normalized spacial score (nSPS) is 15.0. The molecular formula is C32H41N3O2S. The minimum absolute atomic E-state index is 0.0109. The maximum atomic E-state index is 13.9. The van der Waals surface area contributed by atoms with Crippen LogP contribution in [-0.4, -0.2) is 41.4 Å². The van der Waals surface area contributed by atoms with Crippen LogP contribution in [0.3, 0.4) is 0 Å². The first-order valence-electron chi connectivity index (χ1n) is 13.9. The summed E-state index contributed by atoms with van der Waals surface area (Å²) in [5.74, 6) is 0.534. The predicted molar refractivity (Wildman–Crippen MR) is 158 cm³/mol. The van der Waals surface area contributed by atoms with Crippen LogP contribution in [0.5, 0.6) is 0 Å². The van der Waals surface area contributed by atoms with E-state index >= 15 is 0 Å². The SMILES string of the molecule is CCCCN(CC(=O)N1CCc2sccc2[C@@H]1c1ccccc1)C(=O)Nc1c(C(C)C)cccc1C(C)C. The number of para-hydroxylation sites is 1. The molecule has 6 heteroatoms. The molecule has 0 saturated carbocycles. The van der Waals surface area contributed by atoms with Crippen LogP contribution in [-0.2, 0) is 11.2 Å². The number of amides is 3. The van der Waals surface area contributed by atoms with Crippen molar-refractivity contribution in [3.63, 3.8) is 0 Å². The molecule has 1 atom stereocenters. The first-order chi connectivity index (χ1) is 18.3. The monoisotopic (exact) mass is 531 g/mol. The van der Waals surface area contributed by atoms with Crippen LogP contribution in [0.25, 0.3) is 0 Å². The van der Waals surface area contributed by atoms with Gasteiger partial charge in [-0.3, -0.25) is 4.79 Å². The molecule has 1 aliphatic heterocycles. The Labute approximate surface area is 231 Å². The number of thiophene rings is 1. The van der Waals surface area contributed by atoms with E-state index in [2.05, 4.69) is 81.7 Å². The summed E-state index contributed by atoms with van der Waals surface area (Å²) in [6, 6.07) is 18.3. The van der Waals surface area contributed by atoms with Crippen molar-refractivity contribution >= 4 is 29.0 Å². The Morgan fingerprint density at radius 3 is 2.32 bits per heavy atom. The average Bonchev–Trinajstić information content (AvgIpc) is 3.39. The number of rotatable bonds is 9. The molecule has 0 radical (unpaired) electrons. The van der Waals surface area contributed by atoms with E-state index in [0.29, 0.717) is 13.1 Å². The molecule has 5 nitrogen and oxygen atoms in total. The lowest BCUT2D eigenvalue weighted by atomic mass is 9.92. The highest BCUT2D eigenvalue weighted by molar-refractivity contribution is 7.10. The van der Waals surface area contributed by atoms with E-state index < -0.39 is 0 Å². The van der Waals surface area contributed by atoms with Crippen LogP contribution in [0.1, 0.15) is 92.5 Å². The number of hydrogen-bond acceptors (Lipinski definition) is 3. The van der Waals surface area contributed by atoms with Crippen LogP contribution in [0.15, 0.2) is 60.0 Å². The molecule has 0 saturated heterocycles. The third-order valence-electron chi connectivity index (χ3n) is 7.40.